The summed E-state index contributed by atoms with van der Waals surface area (Å²) in [4.78, 5) is 12.6. The van der Waals surface area contributed by atoms with E-state index in [9.17, 15) is 13.2 Å². The fourth-order valence-corrected chi connectivity index (χ4v) is 5.79. The van der Waals surface area contributed by atoms with E-state index in [1.54, 1.807) is 36.4 Å². The number of carbonyl (C=O) groups excluding carboxylic acids is 1. The topological polar surface area (TPSA) is 81.7 Å². The number of carbonyl (C=O) groups is 1. The molecule has 2 aromatic carbocycles. The molecule has 0 heterocycles. The van der Waals surface area contributed by atoms with Gasteiger partial charge in [0.1, 0.15) is 0 Å². The molecule has 0 bridgehead atoms. The fraction of sp³-hybridized carbons (Fsp3) is 0.348. The van der Waals surface area contributed by atoms with Gasteiger partial charge in [-0.3, -0.25) is 4.79 Å². The number of halogens is 1. The van der Waals surface area contributed by atoms with E-state index in [4.69, 9.17) is 21.1 Å². The second-order valence-electron chi connectivity index (χ2n) is 7.27. The van der Waals surface area contributed by atoms with E-state index in [-0.39, 0.29) is 16.1 Å². The van der Waals surface area contributed by atoms with Crippen LogP contribution in [0.4, 0.5) is 5.69 Å². The summed E-state index contributed by atoms with van der Waals surface area (Å²) in [6.45, 7) is 2.30. The molecule has 1 fully saturated rings. The Morgan fingerprint density at radius 2 is 1.97 bits per heavy atom. The Balaban J connectivity index is 1.73. The zero-order valence-corrected chi connectivity index (χ0v) is 19.1. The predicted octanol–water partition coefficient (Wildman–Crippen LogP) is 5.12. The van der Waals surface area contributed by atoms with Crippen molar-refractivity contribution in [3.05, 3.63) is 53.1 Å². The Kier molecular flexibility index (Phi) is 7.62. The predicted molar refractivity (Wildman–Crippen MR) is 123 cm³/mol. The third-order valence-corrected chi connectivity index (χ3v) is 7.68. The molecule has 0 radical (unpaired) electrons. The molecule has 1 saturated carbocycles. The van der Waals surface area contributed by atoms with Gasteiger partial charge in [-0.05, 0) is 61.7 Å². The largest absolute Gasteiger partial charge is 0.493 e. The fourth-order valence-electron chi connectivity index (χ4n) is 3.62. The Bertz CT molecular complexity index is 1080. The highest BCUT2D eigenvalue weighted by molar-refractivity contribution is 7.92. The monoisotopic (exact) mass is 463 g/mol. The molecule has 3 rings (SSSR count). The molecule has 0 spiro atoms. The van der Waals surface area contributed by atoms with Gasteiger partial charge in [0.25, 0.3) is 0 Å². The summed E-state index contributed by atoms with van der Waals surface area (Å²) in [5.74, 6) is 0.534. The maximum atomic E-state index is 12.8. The average molecular weight is 464 g/mol. The molecule has 0 saturated heterocycles. The van der Waals surface area contributed by atoms with E-state index < -0.39 is 9.84 Å². The van der Waals surface area contributed by atoms with E-state index >= 15 is 0 Å². The molecular formula is C23H26ClNO5S. The van der Waals surface area contributed by atoms with Gasteiger partial charge in [0.05, 0.1) is 28.9 Å². The third kappa shape index (κ3) is 5.60. The normalized spacial score (nSPS) is 14.7. The molecule has 166 valence electrons. The van der Waals surface area contributed by atoms with Crippen LogP contribution in [0.3, 0.4) is 0 Å². The lowest BCUT2D eigenvalue weighted by Crippen LogP contribution is -2.18. The van der Waals surface area contributed by atoms with Crippen LogP contribution in [0.15, 0.2) is 47.4 Å². The summed E-state index contributed by atoms with van der Waals surface area (Å²) in [6, 6.07) is 9.78. The van der Waals surface area contributed by atoms with Gasteiger partial charge in [0.15, 0.2) is 21.3 Å². The van der Waals surface area contributed by atoms with Crippen LogP contribution in [0.5, 0.6) is 11.5 Å². The standard InChI is InChI=1S/C23H26ClNO5S/c1-3-30-23-20(24)13-16(14-21(23)29-2)11-12-22(26)25-17-7-6-10-19(15-17)31(27,28)18-8-4-5-9-18/h6-7,10-15,18H,3-5,8-9H2,1-2H3,(H,25,26)/b12-11+. The number of benzene rings is 2. The Labute approximate surface area is 188 Å². The van der Waals surface area contributed by atoms with Crippen molar-refractivity contribution in [2.24, 2.45) is 0 Å². The first-order valence-electron chi connectivity index (χ1n) is 10.2. The lowest BCUT2D eigenvalue weighted by molar-refractivity contribution is -0.111. The summed E-state index contributed by atoms with van der Waals surface area (Å²) in [6.07, 6.45) is 6.20. The van der Waals surface area contributed by atoms with Gasteiger partial charge in [-0.15, -0.1) is 0 Å². The molecule has 1 amide bonds. The van der Waals surface area contributed by atoms with Crippen LogP contribution in [0, 0.1) is 0 Å². The molecule has 2 aromatic rings. The number of methoxy groups -OCH3 is 1. The lowest BCUT2D eigenvalue weighted by Gasteiger charge is -2.12. The van der Waals surface area contributed by atoms with Crippen molar-refractivity contribution < 1.29 is 22.7 Å². The highest BCUT2D eigenvalue weighted by Gasteiger charge is 2.30. The SMILES string of the molecule is CCOc1c(Cl)cc(/C=C/C(=O)Nc2cccc(S(=O)(=O)C3CCCC3)c2)cc1OC. The first kappa shape index (κ1) is 23.2. The molecule has 0 unspecified atom stereocenters. The number of rotatable bonds is 8. The molecule has 0 aliphatic heterocycles. The highest BCUT2D eigenvalue weighted by Crippen LogP contribution is 2.36. The van der Waals surface area contributed by atoms with E-state index in [1.807, 2.05) is 6.92 Å². The second-order valence-corrected chi connectivity index (χ2v) is 9.90. The van der Waals surface area contributed by atoms with Crippen LogP contribution in [-0.4, -0.2) is 33.3 Å². The van der Waals surface area contributed by atoms with Gasteiger partial charge in [-0.1, -0.05) is 30.5 Å². The summed E-state index contributed by atoms with van der Waals surface area (Å²) < 4.78 is 36.4. The molecule has 1 aliphatic rings. The number of hydrogen-bond acceptors (Lipinski definition) is 5. The van der Waals surface area contributed by atoms with Crippen molar-refractivity contribution in [2.75, 3.05) is 19.0 Å². The van der Waals surface area contributed by atoms with Gasteiger partial charge < -0.3 is 14.8 Å². The number of nitrogens with one attached hydrogen (secondary N) is 1. The van der Waals surface area contributed by atoms with Crippen LogP contribution >= 0.6 is 11.6 Å². The summed E-state index contributed by atoms with van der Waals surface area (Å²) in [5.41, 5.74) is 1.09. The zero-order valence-electron chi connectivity index (χ0n) is 17.6. The average Bonchev–Trinajstić information content (AvgIpc) is 3.30. The van der Waals surface area contributed by atoms with Crippen molar-refractivity contribution in [1.29, 1.82) is 0 Å². The van der Waals surface area contributed by atoms with Crippen LogP contribution < -0.4 is 14.8 Å². The van der Waals surface area contributed by atoms with Crippen LogP contribution in [0.1, 0.15) is 38.2 Å². The smallest absolute Gasteiger partial charge is 0.248 e. The number of sulfone groups is 1. The van der Waals surface area contributed by atoms with Crippen molar-refractivity contribution in [3.63, 3.8) is 0 Å². The minimum absolute atomic E-state index is 0.240. The van der Waals surface area contributed by atoms with E-state index in [0.717, 1.165) is 12.8 Å². The van der Waals surface area contributed by atoms with Crippen LogP contribution in [-0.2, 0) is 14.6 Å². The quantitative estimate of drug-likeness (QED) is 0.550. The Morgan fingerprint density at radius 3 is 2.65 bits per heavy atom. The van der Waals surface area contributed by atoms with Gasteiger partial charge in [0, 0.05) is 11.8 Å². The highest BCUT2D eigenvalue weighted by atomic mass is 35.5. The van der Waals surface area contributed by atoms with E-state index in [1.165, 1.54) is 19.3 Å². The van der Waals surface area contributed by atoms with Crippen molar-refractivity contribution in [1.82, 2.24) is 0 Å². The lowest BCUT2D eigenvalue weighted by atomic mass is 10.2. The second kappa shape index (κ2) is 10.2. The van der Waals surface area contributed by atoms with E-state index in [0.29, 0.717) is 47.2 Å². The van der Waals surface area contributed by atoms with Crippen molar-refractivity contribution in [2.45, 2.75) is 42.8 Å². The van der Waals surface area contributed by atoms with Crippen molar-refractivity contribution in [3.8, 4) is 11.5 Å². The molecule has 0 atom stereocenters. The molecular weight excluding hydrogens is 438 g/mol. The first-order valence-corrected chi connectivity index (χ1v) is 12.1. The molecule has 1 aliphatic carbocycles. The maximum Gasteiger partial charge on any atom is 0.248 e. The number of ether oxygens (including phenoxy) is 2. The molecule has 0 aromatic heterocycles. The van der Waals surface area contributed by atoms with Gasteiger partial charge in [-0.25, -0.2) is 8.42 Å². The number of amides is 1. The van der Waals surface area contributed by atoms with Gasteiger partial charge in [-0.2, -0.15) is 0 Å². The van der Waals surface area contributed by atoms with Gasteiger partial charge >= 0.3 is 0 Å². The zero-order chi connectivity index (χ0) is 22.4. The Hall–Kier alpha value is -2.51. The minimum atomic E-state index is -3.38. The molecule has 31 heavy (non-hydrogen) atoms. The number of hydrogen-bond donors (Lipinski definition) is 1. The summed E-state index contributed by atoms with van der Waals surface area (Å²) >= 11 is 6.25. The molecule has 1 N–H and O–H groups in total. The Morgan fingerprint density at radius 1 is 1.23 bits per heavy atom. The molecule has 8 heteroatoms. The summed E-state index contributed by atoms with van der Waals surface area (Å²) in [5, 5.41) is 2.76. The maximum absolute atomic E-state index is 12.8. The minimum Gasteiger partial charge on any atom is -0.493 e. The van der Waals surface area contributed by atoms with Crippen molar-refractivity contribution >= 4 is 39.1 Å². The third-order valence-electron chi connectivity index (χ3n) is 5.14. The van der Waals surface area contributed by atoms with Crippen LogP contribution in [0.2, 0.25) is 5.02 Å². The molecule has 6 nitrogen and oxygen atoms in total. The number of anilines is 1. The van der Waals surface area contributed by atoms with E-state index in [2.05, 4.69) is 5.32 Å². The first-order chi connectivity index (χ1) is 14.8. The summed E-state index contributed by atoms with van der Waals surface area (Å²) in [7, 11) is -1.87. The van der Waals surface area contributed by atoms with Gasteiger partial charge in [0.2, 0.25) is 5.91 Å². The van der Waals surface area contributed by atoms with Crippen LogP contribution in [0.25, 0.3) is 6.08 Å².